The molecule has 5 heterocycles. The van der Waals surface area contributed by atoms with Gasteiger partial charge in [0.25, 0.3) is 0 Å². The van der Waals surface area contributed by atoms with Gasteiger partial charge in [-0.05, 0) is 128 Å². The van der Waals surface area contributed by atoms with E-state index in [0.717, 1.165) is 55.2 Å². The Morgan fingerprint density at radius 2 is 0.855 bits per heavy atom. The first kappa shape index (κ1) is 39.8. The minimum atomic E-state index is 0.0737. The summed E-state index contributed by atoms with van der Waals surface area (Å²) in [5.74, 6) is 3.20. The lowest BCUT2D eigenvalue weighted by molar-refractivity contribution is 0.717. The molecule has 9 rings (SSSR count). The molecule has 0 fully saturated rings. The molecule has 2 aliphatic rings. The summed E-state index contributed by atoms with van der Waals surface area (Å²) in [7, 11) is 0. The Hall–Kier alpha value is -7.62. The smallest absolute Gasteiger partial charge is 0.196 e. The monoisotopic (exact) mass is 826 g/mol. The van der Waals surface area contributed by atoms with Crippen LogP contribution in [0.3, 0.4) is 0 Å². The van der Waals surface area contributed by atoms with Gasteiger partial charge in [0.05, 0.1) is 0 Å². The third-order valence-corrected chi connectivity index (χ3v) is 10.0. The maximum atomic E-state index is 6.36. The van der Waals surface area contributed by atoms with E-state index in [0.29, 0.717) is 69.2 Å². The van der Waals surface area contributed by atoms with Crippen LogP contribution in [0.15, 0.2) is 82.8 Å². The van der Waals surface area contributed by atoms with Crippen LogP contribution in [0.1, 0.15) is 55.4 Å². The van der Waals surface area contributed by atoms with E-state index in [9.17, 15) is 0 Å². The van der Waals surface area contributed by atoms with Gasteiger partial charge in [-0.2, -0.15) is 0 Å². The van der Waals surface area contributed by atoms with Crippen molar-refractivity contribution < 1.29 is 0 Å². The molecule has 0 unspecified atom stereocenters. The Kier molecular flexibility index (Phi) is 10.1. The van der Waals surface area contributed by atoms with Crippen LogP contribution >= 0.6 is 0 Å². The van der Waals surface area contributed by atoms with Crippen LogP contribution in [-0.2, 0) is 0 Å². The number of nitrogens with two attached hydrogens (primary N) is 2. The van der Waals surface area contributed by atoms with E-state index in [4.69, 9.17) is 51.4 Å². The summed E-state index contributed by atoms with van der Waals surface area (Å²) in [5.41, 5.74) is 20.9. The summed E-state index contributed by atoms with van der Waals surface area (Å²) >= 11 is 0. The van der Waals surface area contributed by atoms with E-state index in [-0.39, 0.29) is 24.2 Å². The van der Waals surface area contributed by atoms with Gasteiger partial charge in [-0.1, -0.05) is 0 Å². The molecule has 10 N–H and O–H groups in total. The largest absolute Gasteiger partial charge is 0.399 e. The molecular formula is C46H50N16. The Morgan fingerprint density at radius 3 is 1.39 bits per heavy atom. The quantitative estimate of drug-likeness (QED) is 0.0449. The second-order valence-corrected chi connectivity index (χ2v) is 16.7. The summed E-state index contributed by atoms with van der Waals surface area (Å²) in [6.45, 7) is 16.5. The molecule has 0 radical (unpaired) electrons. The number of H-pyrrole nitrogens is 2. The fraction of sp³-hybridized carbons (Fsp3) is 0.261. The maximum absolute atomic E-state index is 6.36. The van der Waals surface area contributed by atoms with Crippen LogP contribution in [0.5, 0.6) is 0 Å². The average molecular weight is 827 g/mol. The number of anilines is 4. The number of hydrogen-bond donors (Lipinski definition) is 8. The Bertz CT molecular complexity index is 3140. The Labute approximate surface area is 358 Å². The highest BCUT2D eigenvalue weighted by Gasteiger charge is 2.24. The minimum Gasteiger partial charge on any atom is -0.399 e. The van der Waals surface area contributed by atoms with Crippen molar-refractivity contribution in [1.29, 1.82) is 0 Å². The van der Waals surface area contributed by atoms with Gasteiger partial charge < -0.3 is 42.7 Å². The van der Waals surface area contributed by atoms with Crippen molar-refractivity contribution in [2.45, 2.75) is 79.6 Å². The van der Waals surface area contributed by atoms with Crippen molar-refractivity contribution in [3.8, 4) is 45.6 Å². The lowest BCUT2D eigenvalue weighted by Gasteiger charge is -2.16. The first-order valence-corrected chi connectivity index (χ1v) is 20.9. The standard InChI is InChI=1S/C46H50N16/c1-21(2)49-45(50-22(3)4)53-27-11-15-31-35(19-27)44-60-39(31)58-42-33-17-25(47)9-13-29(33)37(56-42)55-41-34-18-26(48)10-14-30(34)38(57-41)59-43-36-20-28(12-16-32(36)40(61-43)62-44)54-46(51-23(5)6)52-24(7)8/h9-24H,47-48H2,1-8H3,(H2,49,50,53)(H2,51,52,54)(H2,55,56,57,58,59,60,61,62). The number of hydrogen-bond acceptors (Lipinski definition) is 10. The summed E-state index contributed by atoms with van der Waals surface area (Å²) in [6, 6.07) is 23.9. The molecule has 16 heteroatoms. The molecule has 2 aliphatic heterocycles. The SMILES string of the molecule is CC(C)N=C(Nc1ccc2c(c1)-c1nc-2nc2[nH]c(nc3nc(nc4[nH]c(n1)c1ccc(NC(=NC(C)C)NC(C)C)cc41)-c1ccc(N)cc1-3)c1ccc(N)cc21)NC(C)C. The van der Waals surface area contributed by atoms with Crippen molar-refractivity contribution in [2.24, 2.45) is 9.98 Å². The molecule has 0 aliphatic carbocycles. The fourth-order valence-electron chi connectivity index (χ4n) is 7.53. The number of aliphatic imine (C=N–C) groups is 2. The molecule has 62 heavy (non-hydrogen) atoms. The van der Waals surface area contributed by atoms with E-state index in [1.165, 1.54) is 0 Å². The summed E-state index contributed by atoms with van der Waals surface area (Å²) in [5, 5.41) is 17.1. The number of nitrogens with zero attached hydrogens (tertiary/aromatic N) is 8. The summed E-state index contributed by atoms with van der Waals surface area (Å²) in [6.07, 6.45) is 0. The Morgan fingerprint density at radius 1 is 0.452 bits per heavy atom. The van der Waals surface area contributed by atoms with Gasteiger partial charge in [-0.15, -0.1) is 0 Å². The maximum Gasteiger partial charge on any atom is 0.196 e. The molecule has 314 valence electrons. The van der Waals surface area contributed by atoms with E-state index in [1.807, 2.05) is 100 Å². The van der Waals surface area contributed by atoms with Gasteiger partial charge >= 0.3 is 0 Å². The molecule has 0 atom stereocenters. The van der Waals surface area contributed by atoms with Crippen LogP contribution in [-0.4, -0.2) is 76.0 Å². The molecule has 8 bridgehead atoms. The van der Waals surface area contributed by atoms with Crippen LogP contribution in [0, 0.1) is 0 Å². The highest BCUT2D eigenvalue weighted by Crippen LogP contribution is 2.39. The average Bonchev–Trinajstić information content (AvgIpc) is 3.91. The topological polar surface area (TPSA) is 234 Å². The highest BCUT2D eigenvalue weighted by molar-refractivity contribution is 6.09. The van der Waals surface area contributed by atoms with E-state index in [1.54, 1.807) is 0 Å². The van der Waals surface area contributed by atoms with Crippen molar-refractivity contribution in [3.63, 3.8) is 0 Å². The molecular weight excluding hydrogens is 777 g/mol. The third-order valence-electron chi connectivity index (χ3n) is 10.0. The number of nitrogens with one attached hydrogen (secondary N) is 6. The van der Waals surface area contributed by atoms with Gasteiger partial charge in [0.15, 0.2) is 35.2 Å². The Balaban J connectivity index is 1.34. The molecule has 3 aromatic heterocycles. The second-order valence-electron chi connectivity index (χ2n) is 16.7. The lowest BCUT2D eigenvalue weighted by atomic mass is 10.1. The fourth-order valence-corrected chi connectivity index (χ4v) is 7.53. The number of aromatic nitrogens is 8. The van der Waals surface area contributed by atoms with E-state index >= 15 is 0 Å². The van der Waals surface area contributed by atoms with Crippen LogP contribution in [0.4, 0.5) is 22.7 Å². The summed E-state index contributed by atoms with van der Waals surface area (Å²) in [4.78, 5) is 47.5. The van der Waals surface area contributed by atoms with E-state index in [2.05, 4.69) is 58.9 Å². The molecule has 0 amide bonds. The molecule has 4 aromatic carbocycles. The molecule has 0 saturated heterocycles. The lowest BCUT2D eigenvalue weighted by Crippen LogP contribution is -2.36. The molecule has 0 saturated carbocycles. The number of aromatic amines is 2. The van der Waals surface area contributed by atoms with Crippen LogP contribution in [0.2, 0.25) is 0 Å². The highest BCUT2D eigenvalue weighted by atomic mass is 15.2. The molecule has 7 aromatic rings. The van der Waals surface area contributed by atoms with Crippen molar-refractivity contribution in [1.82, 2.24) is 50.5 Å². The zero-order chi connectivity index (χ0) is 43.4. The predicted octanol–water partition coefficient (Wildman–Crippen LogP) is 8.38. The van der Waals surface area contributed by atoms with E-state index < -0.39 is 0 Å². The normalized spacial score (nSPS) is 12.8. The minimum absolute atomic E-state index is 0.0737. The van der Waals surface area contributed by atoms with Crippen molar-refractivity contribution in [2.75, 3.05) is 22.1 Å². The predicted molar refractivity (Wildman–Crippen MR) is 254 cm³/mol. The van der Waals surface area contributed by atoms with Gasteiger partial charge in [0, 0.05) is 90.7 Å². The number of benzene rings is 4. The second kappa shape index (κ2) is 15.8. The molecule has 16 nitrogen and oxygen atoms in total. The van der Waals surface area contributed by atoms with Crippen LogP contribution in [0.25, 0.3) is 89.7 Å². The molecule has 0 spiro atoms. The number of fused-ring (bicyclic) bond motifs is 20. The van der Waals surface area contributed by atoms with Gasteiger partial charge in [0.2, 0.25) is 0 Å². The van der Waals surface area contributed by atoms with Gasteiger partial charge in [-0.25, -0.2) is 29.9 Å². The summed E-state index contributed by atoms with van der Waals surface area (Å²) < 4.78 is 0. The van der Waals surface area contributed by atoms with Gasteiger partial charge in [-0.3, -0.25) is 9.98 Å². The first-order chi connectivity index (χ1) is 29.7. The van der Waals surface area contributed by atoms with Crippen molar-refractivity contribution in [3.05, 3.63) is 72.8 Å². The van der Waals surface area contributed by atoms with Crippen LogP contribution < -0.4 is 32.7 Å². The number of guanidine groups is 2. The van der Waals surface area contributed by atoms with Gasteiger partial charge in [0.1, 0.15) is 22.6 Å². The number of rotatable bonds is 6. The zero-order valence-electron chi connectivity index (χ0n) is 36.0. The first-order valence-electron chi connectivity index (χ1n) is 20.9. The number of nitrogen functional groups attached to an aromatic ring is 2. The van der Waals surface area contributed by atoms with Crippen molar-refractivity contribution >= 4 is 78.8 Å². The third kappa shape index (κ3) is 7.89. The zero-order valence-corrected chi connectivity index (χ0v) is 36.0.